The van der Waals surface area contributed by atoms with Gasteiger partial charge in [-0.15, -0.1) is 11.8 Å². The Morgan fingerprint density at radius 2 is 1.50 bits per heavy atom. The molecule has 122 valence electrons. The minimum absolute atomic E-state index is 0.216. The van der Waals surface area contributed by atoms with Crippen LogP contribution in [0.1, 0.15) is 25.0 Å². The Hall–Kier alpha value is -2.33. The maximum Gasteiger partial charge on any atom is 0.272 e. The fourth-order valence-corrected chi connectivity index (χ4v) is 3.63. The van der Waals surface area contributed by atoms with Gasteiger partial charge in [0, 0.05) is 5.25 Å². The van der Waals surface area contributed by atoms with Gasteiger partial charge >= 0.3 is 0 Å². The lowest BCUT2D eigenvalue weighted by Crippen LogP contribution is -2.31. The van der Waals surface area contributed by atoms with Gasteiger partial charge in [0.05, 0.1) is 16.2 Å². The SMILES string of the molecule is Cc1ccc(N2C(=O)C(SC(C)C)=C(c3ccccc3)C2=O)cc1. The Morgan fingerprint density at radius 3 is 2.08 bits per heavy atom. The van der Waals surface area contributed by atoms with E-state index in [0.717, 1.165) is 11.1 Å². The normalized spacial score (nSPS) is 14.9. The smallest absolute Gasteiger partial charge is 0.268 e. The predicted molar refractivity (Wildman–Crippen MR) is 99.8 cm³/mol. The first kappa shape index (κ1) is 16.5. The van der Waals surface area contributed by atoms with E-state index in [1.165, 1.54) is 16.7 Å². The van der Waals surface area contributed by atoms with E-state index in [4.69, 9.17) is 0 Å². The molecule has 0 aromatic heterocycles. The summed E-state index contributed by atoms with van der Waals surface area (Å²) in [6.45, 7) is 6.02. The summed E-state index contributed by atoms with van der Waals surface area (Å²) in [5, 5.41) is 0.216. The molecular formula is C20H19NO2S. The summed E-state index contributed by atoms with van der Waals surface area (Å²) in [7, 11) is 0. The number of aryl methyl sites for hydroxylation is 1. The van der Waals surface area contributed by atoms with Crippen LogP contribution in [0.3, 0.4) is 0 Å². The molecule has 2 aromatic rings. The summed E-state index contributed by atoms with van der Waals surface area (Å²) in [6, 6.07) is 16.9. The Morgan fingerprint density at radius 1 is 0.875 bits per heavy atom. The molecule has 0 saturated heterocycles. The van der Waals surface area contributed by atoms with Crippen molar-refractivity contribution in [3.8, 4) is 0 Å². The highest BCUT2D eigenvalue weighted by molar-refractivity contribution is 8.04. The number of carbonyl (C=O) groups is 2. The van der Waals surface area contributed by atoms with Crippen molar-refractivity contribution in [2.45, 2.75) is 26.0 Å². The van der Waals surface area contributed by atoms with Gasteiger partial charge in [0.2, 0.25) is 0 Å². The van der Waals surface area contributed by atoms with Crippen LogP contribution in [-0.4, -0.2) is 17.1 Å². The molecule has 0 bridgehead atoms. The van der Waals surface area contributed by atoms with E-state index in [1.807, 2.05) is 75.4 Å². The Kier molecular flexibility index (Phi) is 4.58. The molecule has 0 saturated carbocycles. The summed E-state index contributed by atoms with van der Waals surface area (Å²) in [6.07, 6.45) is 0. The fraction of sp³-hybridized carbons (Fsp3) is 0.200. The van der Waals surface area contributed by atoms with E-state index in [9.17, 15) is 9.59 Å². The topological polar surface area (TPSA) is 37.4 Å². The monoisotopic (exact) mass is 337 g/mol. The molecule has 0 atom stereocenters. The van der Waals surface area contributed by atoms with Crippen LogP contribution < -0.4 is 4.90 Å². The highest BCUT2D eigenvalue weighted by atomic mass is 32.2. The third kappa shape index (κ3) is 3.02. The van der Waals surface area contributed by atoms with Crippen LogP contribution in [0.25, 0.3) is 5.57 Å². The zero-order valence-electron chi connectivity index (χ0n) is 13.9. The number of carbonyl (C=O) groups excluding carboxylic acids is 2. The fourth-order valence-electron chi connectivity index (χ4n) is 2.64. The van der Waals surface area contributed by atoms with Crippen LogP contribution in [0.4, 0.5) is 5.69 Å². The van der Waals surface area contributed by atoms with Crippen molar-refractivity contribution < 1.29 is 9.59 Å². The lowest BCUT2D eigenvalue weighted by molar-refractivity contribution is -0.119. The van der Waals surface area contributed by atoms with Gasteiger partial charge in [0.25, 0.3) is 11.8 Å². The molecule has 4 heteroatoms. The molecule has 3 rings (SSSR count). The molecule has 0 fully saturated rings. The summed E-state index contributed by atoms with van der Waals surface area (Å²) >= 11 is 1.45. The van der Waals surface area contributed by atoms with Crippen molar-refractivity contribution in [3.63, 3.8) is 0 Å². The molecule has 0 unspecified atom stereocenters. The van der Waals surface area contributed by atoms with E-state index >= 15 is 0 Å². The van der Waals surface area contributed by atoms with E-state index in [1.54, 1.807) is 0 Å². The number of imide groups is 1. The molecule has 1 aliphatic heterocycles. The van der Waals surface area contributed by atoms with Gasteiger partial charge in [-0.2, -0.15) is 0 Å². The minimum atomic E-state index is -0.252. The minimum Gasteiger partial charge on any atom is -0.268 e. The second-order valence-corrected chi connectivity index (χ2v) is 7.60. The molecule has 0 spiro atoms. The van der Waals surface area contributed by atoms with Gasteiger partial charge in [0.1, 0.15) is 0 Å². The van der Waals surface area contributed by atoms with Crippen LogP contribution in [0.5, 0.6) is 0 Å². The predicted octanol–water partition coefficient (Wildman–Crippen LogP) is 4.42. The number of thioether (sulfide) groups is 1. The molecule has 1 heterocycles. The molecule has 0 radical (unpaired) electrons. The highest BCUT2D eigenvalue weighted by Gasteiger charge is 2.40. The molecule has 2 aromatic carbocycles. The van der Waals surface area contributed by atoms with Gasteiger partial charge in [0.15, 0.2) is 0 Å². The Labute approximate surface area is 146 Å². The van der Waals surface area contributed by atoms with Crippen LogP contribution in [0.15, 0.2) is 59.5 Å². The third-order valence-corrected chi connectivity index (χ3v) is 4.84. The van der Waals surface area contributed by atoms with Crippen LogP contribution >= 0.6 is 11.8 Å². The number of rotatable bonds is 4. The second kappa shape index (κ2) is 6.65. The zero-order valence-corrected chi connectivity index (χ0v) is 14.8. The quantitative estimate of drug-likeness (QED) is 0.775. The van der Waals surface area contributed by atoms with Crippen LogP contribution in [0.2, 0.25) is 0 Å². The average Bonchev–Trinajstić information content (AvgIpc) is 2.79. The van der Waals surface area contributed by atoms with Gasteiger partial charge in [-0.1, -0.05) is 61.9 Å². The lowest BCUT2D eigenvalue weighted by Gasteiger charge is -2.15. The number of benzene rings is 2. The number of anilines is 1. The Bertz CT molecular complexity index is 807. The molecule has 24 heavy (non-hydrogen) atoms. The van der Waals surface area contributed by atoms with E-state index in [2.05, 4.69) is 0 Å². The molecule has 0 N–H and O–H groups in total. The van der Waals surface area contributed by atoms with Crippen LogP contribution in [-0.2, 0) is 9.59 Å². The molecule has 1 aliphatic rings. The first-order valence-electron chi connectivity index (χ1n) is 7.91. The summed E-state index contributed by atoms with van der Waals surface area (Å²) in [5.41, 5.74) is 2.99. The van der Waals surface area contributed by atoms with Crippen LogP contribution in [0, 0.1) is 6.92 Å². The number of hydrogen-bond acceptors (Lipinski definition) is 3. The van der Waals surface area contributed by atoms with Crippen molar-refractivity contribution in [1.29, 1.82) is 0 Å². The van der Waals surface area contributed by atoms with Crippen molar-refractivity contribution >= 4 is 34.8 Å². The van der Waals surface area contributed by atoms with Gasteiger partial charge in [-0.25, -0.2) is 4.90 Å². The first-order chi connectivity index (χ1) is 11.5. The zero-order chi connectivity index (χ0) is 17.3. The average molecular weight is 337 g/mol. The third-order valence-electron chi connectivity index (χ3n) is 3.75. The van der Waals surface area contributed by atoms with E-state index < -0.39 is 0 Å². The number of hydrogen-bond donors (Lipinski definition) is 0. The van der Waals surface area contributed by atoms with Crippen molar-refractivity contribution in [2.75, 3.05) is 4.90 Å². The number of amides is 2. The molecule has 3 nitrogen and oxygen atoms in total. The van der Waals surface area contributed by atoms with Crippen molar-refractivity contribution in [3.05, 3.63) is 70.6 Å². The maximum atomic E-state index is 13.0. The summed E-state index contributed by atoms with van der Waals surface area (Å²) < 4.78 is 0. The molecule has 2 amide bonds. The van der Waals surface area contributed by atoms with Crippen molar-refractivity contribution in [1.82, 2.24) is 0 Å². The highest BCUT2D eigenvalue weighted by Crippen LogP contribution is 2.39. The summed E-state index contributed by atoms with van der Waals surface area (Å²) in [5.74, 6) is -0.486. The standard InChI is InChI=1S/C20H19NO2S/c1-13(2)24-18-17(15-7-5-4-6-8-15)19(22)21(20(18)23)16-11-9-14(3)10-12-16/h4-13H,1-3H3. The van der Waals surface area contributed by atoms with Gasteiger partial charge in [-0.3, -0.25) is 9.59 Å². The largest absolute Gasteiger partial charge is 0.272 e. The van der Waals surface area contributed by atoms with Gasteiger partial charge < -0.3 is 0 Å². The second-order valence-electron chi connectivity index (χ2n) is 6.02. The lowest BCUT2D eigenvalue weighted by atomic mass is 10.1. The molecule has 0 aliphatic carbocycles. The van der Waals surface area contributed by atoms with Gasteiger partial charge in [-0.05, 0) is 24.6 Å². The maximum absolute atomic E-state index is 13.0. The first-order valence-corrected chi connectivity index (χ1v) is 8.79. The Balaban J connectivity index is 2.09. The van der Waals surface area contributed by atoms with E-state index in [-0.39, 0.29) is 17.1 Å². The summed E-state index contributed by atoms with van der Waals surface area (Å²) in [4.78, 5) is 27.8. The number of nitrogens with zero attached hydrogens (tertiary/aromatic N) is 1. The molecular weight excluding hydrogens is 318 g/mol. The van der Waals surface area contributed by atoms with Crippen molar-refractivity contribution in [2.24, 2.45) is 0 Å². The van der Waals surface area contributed by atoms with E-state index in [0.29, 0.717) is 16.2 Å².